The first-order chi connectivity index (χ1) is 8.19. The van der Waals surface area contributed by atoms with Crippen LogP contribution in [0, 0.1) is 11.3 Å². The van der Waals surface area contributed by atoms with Gasteiger partial charge in [-0.3, -0.25) is 0 Å². The van der Waals surface area contributed by atoms with Crippen LogP contribution in [0.25, 0.3) is 0 Å². The second kappa shape index (κ2) is 5.41. The molecule has 2 nitrogen and oxygen atoms in total. The molecule has 0 unspecified atom stereocenters. The molecule has 0 aliphatic carbocycles. The van der Waals surface area contributed by atoms with Gasteiger partial charge in [0, 0.05) is 12.5 Å². The van der Waals surface area contributed by atoms with Crippen molar-refractivity contribution in [2.75, 3.05) is 20.6 Å². The first-order valence-electron chi connectivity index (χ1n) is 6.62. The van der Waals surface area contributed by atoms with Crippen LogP contribution in [-0.4, -0.2) is 30.6 Å². The zero-order chi connectivity index (χ0) is 14.0. The van der Waals surface area contributed by atoms with Gasteiger partial charge in [0.05, 0.1) is 5.60 Å². The monoisotopic (exact) mass is 249 g/mol. The molecule has 1 aromatic carbocycles. The molecule has 102 valence electrons. The van der Waals surface area contributed by atoms with Gasteiger partial charge in [-0.25, -0.2) is 0 Å². The predicted molar refractivity (Wildman–Crippen MR) is 77.5 cm³/mol. The number of nitrogens with zero attached hydrogens (tertiary/aromatic N) is 1. The van der Waals surface area contributed by atoms with Gasteiger partial charge in [0.25, 0.3) is 0 Å². The van der Waals surface area contributed by atoms with Crippen molar-refractivity contribution in [2.24, 2.45) is 11.3 Å². The summed E-state index contributed by atoms with van der Waals surface area (Å²) in [4.78, 5) is 2.13. The lowest BCUT2D eigenvalue weighted by Crippen LogP contribution is -2.48. The van der Waals surface area contributed by atoms with E-state index in [-0.39, 0.29) is 11.3 Å². The van der Waals surface area contributed by atoms with Crippen molar-refractivity contribution in [3.63, 3.8) is 0 Å². The molecule has 0 fully saturated rings. The van der Waals surface area contributed by atoms with Gasteiger partial charge < -0.3 is 10.0 Å². The molecule has 0 aromatic heterocycles. The Labute approximate surface area is 112 Å². The Bertz CT molecular complexity index is 366. The normalized spacial score (nSPS) is 17.6. The van der Waals surface area contributed by atoms with Crippen LogP contribution in [0.5, 0.6) is 0 Å². The molecular weight excluding hydrogens is 222 g/mol. The van der Waals surface area contributed by atoms with Crippen LogP contribution in [0.1, 0.15) is 33.3 Å². The Morgan fingerprint density at radius 2 is 1.61 bits per heavy atom. The molecule has 1 aromatic rings. The molecule has 0 bridgehead atoms. The van der Waals surface area contributed by atoms with Crippen LogP contribution < -0.4 is 0 Å². The molecular formula is C16H27NO. The van der Waals surface area contributed by atoms with Crippen LogP contribution in [0.3, 0.4) is 0 Å². The fraction of sp³-hybridized carbons (Fsp3) is 0.625. The number of aliphatic hydroxyl groups is 1. The van der Waals surface area contributed by atoms with E-state index in [1.54, 1.807) is 0 Å². The van der Waals surface area contributed by atoms with Gasteiger partial charge in [-0.2, -0.15) is 0 Å². The predicted octanol–water partition coefficient (Wildman–Crippen LogP) is 3.12. The van der Waals surface area contributed by atoms with E-state index < -0.39 is 5.60 Å². The van der Waals surface area contributed by atoms with E-state index >= 15 is 0 Å². The minimum Gasteiger partial charge on any atom is -0.384 e. The van der Waals surface area contributed by atoms with E-state index in [0.29, 0.717) is 0 Å². The summed E-state index contributed by atoms with van der Waals surface area (Å²) in [5.41, 5.74) is -0.0191. The average Bonchev–Trinajstić information content (AvgIpc) is 2.26. The van der Waals surface area contributed by atoms with Crippen molar-refractivity contribution >= 4 is 0 Å². The third kappa shape index (κ3) is 2.93. The number of benzene rings is 1. The Hall–Kier alpha value is -0.860. The summed E-state index contributed by atoms with van der Waals surface area (Å²) in [6, 6.07) is 10.0. The smallest absolute Gasteiger partial charge is 0.0982 e. The van der Waals surface area contributed by atoms with Crippen molar-refractivity contribution in [3.8, 4) is 0 Å². The van der Waals surface area contributed by atoms with E-state index in [9.17, 15) is 5.11 Å². The third-order valence-corrected chi connectivity index (χ3v) is 3.71. The zero-order valence-electron chi connectivity index (χ0n) is 12.6. The highest BCUT2D eigenvalue weighted by molar-refractivity contribution is 5.25. The fourth-order valence-corrected chi connectivity index (χ4v) is 2.83. The summed E-state index contributed by atoms with van der Waals surface area (Å²) in [7, 11) is 4.09. The lowest BCUT2D eigenvalue weighted by Gasteiger charge is -2.46. The van der Waals surface area contributed by atoms with Crippen LogP contribution in [-0.2, 0) is 5.60 Å². The molecule has 0 aliphatic heterocycles. The zero-order valence-corrected chi connectivity index (χ0v) is 12.6. The molecule has 0 heterocycles. The Morgan fingerprint density at radius 3 is 2.00 bits per heavy atom. The second-order valence-corrected chi connectivity index (χ2v) is 6.55. The summed E-state index contributed by atoms with van der Waals surface area (Å²) in [5.74, 6) is 0.162. The lowest BCUT2D eigenvalue weighted by atomic mass is 9.65. The van der Waals surface area contributed by atoms with Crippen LogP contribution >= 0.6 is 0 Å². The van der Waals surface area contributed by atoms with Crippen molar-refractivity contribution < 1.29 is 5.11 Å². The van der Waals surface area contributed by atoms with Crippen molar-refractivity contribution in [3.05, 3.63) is 35.9 Å². The highest BCUT2D eigenvalue weighted by Gasteiger charge is 2.45. The highest BCUT2D eigenvalue weighted by Crippen LogP contribution is 2.44. The van der Waals surface area contributed by atoms with E-state index in [1.807, 2.05) is 44.4 Å². The largest absolute Gasteiger partial charge is 0.384 e. The quantitative estimate of drug-likeness (QED) is 0.886. The van der Waals surface area contributed by atoms with Crippen LogP contribution in [0.4, 0.5) is 0 Å². The van der Waals surface area contributed by atoms with Gasteiger partial charge in [-0.1, -0.05) is 58.0 Å². The molecule has 0 saturated heterocycles. The third-order valence-electron chi connectivity index (χ3n) is 3.71. The average molecular weight is 249 g/mol. The minimum absolute atomic E-state index is 0.162. The van der Waals surface area contributed by atoms with E-state index in [1.165, 1.54) is 0 Å². The Balaban J connectivity index is 3.20. The van der Waals surface area contributed by atoms with E-state index in [4.69, 9.17) is 0 Å². The summed E-state index contributed by atoms with van der Waals surface area (Å²) < 4.78 is 0. The highest BCUT2D eigenvalue weighted by atomic mass is 16.3. The summed E-state index contributed by atoms with van der Waals surface area (Å²) in [6.07, 6.45) is 0. The van der Waals surface area contributed by atoms with Gasteiger partial charge in [0.1, 0.15) is 0 Å². The molecule has 1 N–H and O–H groups in total. The van der Waals surface area contributed by atoms with E-state index in [0.717, 1.165) is 12.1 Å². The number of hydrogen-bond donors (Lipinski definition) is 1. The van der Waals surface area contributed by atoms with E-state index in [2.05, 4.69) is 32.6 Å². The fourth-order valence-electron chi connectivity index (χ4n) is 2.83. The molecule has 0 aliphatic rings. The molecule has 1 rings (SSSR count). The van der Waals surface area contributed by atoms with Gasteiger partial charge in [0.15, 0.2) is 0 Å². The first-order valence-corrected chi connectivity index (χ1v) is 6.62. The summed E-state index contributed by atoms with van der Waals surface area (Å²) in [6.45, 7) is 9.30. The molecule has 0 amide bonds. The minimum atomic E-state index is -0.821. The van der Waals surface area contributed by atoms with Crippen LogP contribution in [0.15, 0.2) is 30.3 Å². The Kier molecular flexibility index (Phi) is 4.57. The molecule has 0 radical (unpaired) electrons. The molecule has 2 atom stereocenters. The Morgan fingerprint density at radius 1 is 1.11 bits per heavy atom. The van der Waals surface area contributed by atoms with Gasteiger partial charge in [-0.15, -0.1) is 0 Å². The molecule has 2 heteroatoms. The SMILES string of the molecule is C[C@@H](CN(C)C)[C@@](O)(c1ccccc1)C(C)(C)C. The topological polar surface area (TPSA) is 23.5 Å². The molecule has 0 spiro atoms. The van der Waals surface area contributed by atoms with Gasteiger partial charge in [0.2, 0.25) is 0 Å². The maximum atomic E-state index is 11.3. The summed E-state index contributed by atoms with van der Waals surface area (Å²) in [5, 5.41) is 11.3. The number of rotatable bonds is 4. The maximum Gasteiger partial charge on any atom is 0.0982 e. The van der Waals surface area contributed by atoms with Gasteiger partial charge in [-0.05, 0) is 25.1 Å². The number of hydrogen-bond acceptors (Lipinski definition) is 2. The van der Waals surface area contributed by atoms with Crippen LogP contribution in [0.2, 0.25) is 0 Å². The van der Waals surface area contributed by atoms with Gasteiger partial charge >= 0.3 is 0 Å². The standard InChI is InChI=1S/C16H27NO/c1-13(12-17(5)6)16(18,15(2,3)4)14-10-8-7-9-11-14/h7-11,13,18H,12H2,1-6H3/t13-,16+/m0/s1. The maximum absolute atomic E-state index is 11.3. The van der Waals surface area contributed by atoms with Crippen molar-refractivity contribution in [2.45, 2.75) is 33.3 Å². The molecule has 0 saturated carbocycles. The first kappa shape index (κ1) is 15.2. The van der Waals surface area contributed by atoms with Crippen molar-refractivity contribution in [1.29, 1.82) is 0 Å². The van der Waals surface area contributed by atoms with Crippen molar-refractivity contribution in [1.82, 2.24) is 4.90 Å². The summed E-state index contributed by atoms with van der Waals surface area (Å²) >= 11 is 0. The lowest BCUT2D eigenvalue weighted by molar-refractivity contribution is -0.112. The molecule has 18 heavy (non-hydrogen) atoms. The second-order valence-electron chi connectivity index (χ2n) is 6.55.